The van der Waals surface area contributed by atoms with E-state index in [1.54, 1.807) is 0 Å². The molecule has 5 rings (SSSR count). The summed E-state index contributed by atoms with van der Waals surface area (Å²) in [6.45, 7) is 4.20. The van der Waals surface area contributed by atoms with Crippen molar-refractivity contribution >= 4 is 34.2 Å². The van der Waals surface area contributed by atoms with Crippen molar-refractivity contribution in [3.8, 4) is 0 Å². The molecule has 1 fully saturated rings. The normalized spacial score (nSPS) is 13.9. The molecule has 2 aromatic carbocycles. The lowest BCUT2D eigenvalue weighted by Gasteiger charge is -2.30. The number of aromatic nitrogens is 3. The van der Waals surface area contributed by atoms with Crippen molar-refractivity contribution in [2.24, 2.45) is 0 Å². The zero-order valence-corrected chi connectivity index (χ0v) is 19.5. The molecule has 6 heteroatoms. The highest BCUT2D eigenvalue weighted by Crippen LogP contribution is 2.32. The van der Waals surface area contributed by atoms with Crippen LogP contribution in [0.5, 0.6) is 0 Å². The van der Waals surface area contributed by atoms with Crippen molar-refractivity contribution in [2.45, 2.75) is 39.0 Å². The Morgan fingerprint density at radius 1 is 0.939 bits per heavy atom. The van der Waals surface area contributed by atoms with Gasteiger partial charge in [0.25, 0.3) is 0 Å². The maximum Gasteiger partial charge on any atom is 0.226 e. The number of para-hydroxylation sites is 1. The fraction of sp³-hybridized carbons (Fsp3) is 0.333. The number of aromatic amines is 1. The second-order valence-corrected chi connectivity index (χ2v) is 8.85. The molecule has 170 valence electrons. The Morgan fingerprint density at radius 3 is 2.52 bits per heavy atom. The van der Waals surface area contributed by atoms with Gasteiger partial charge in [-0.15, -0.1) is 0 Å². The van der Waals surface area contributed by atoms with Crippen molar-refractivity contribution in [1.29, 1.82) is 0 Å². The summed E-state index contributed by atoms with van der Waals surface area (Å²) in [7, 11) is 1.89. The molecule has 1 saturated heterocycles. The summed E-state index contributed by atoms with van der Waals surface area (Å²) < 4.78 is 0. The molecule has 0 unspecified atom stereocenters. The number of hydrogen-bond donors (Lipinski definition) is 3. The van der Waals surface area contributed by atoms with Crippen molar-refractivity contribution in [1.82, 2.24) is 15.0 Å². The smallest absolute Gasteiger partial charge is 0.226 e. The molecule has 3 N–H and O–H groups in total. The molecule has 0 amide bonds. The average molecular weight is 441 g/mol. The molecule has 3 heterocycles. The Bertz CT molecular complexity index is 1220. The summed E-state index contributed by atoms with van der Waals surface area (Å²) in [5.74, 6) is 2.60. The summed E-state index contributed by atoms with van der Waals surface area (Å²) in [6, 6.07) is 17.0. The van der Waals surface area contributed by atoms with Crippen LogP contribution in [0.25, 0.3) is 10.9 Å². The average Bonchev–Trinajstić information content (AvgIpc) is 3.28. The van der Waals surface area contributed by atoms with Gasteiger partial charge in [-0.05, 0) is 62.8 Å². The van der Waals surface area contributed by atoms with Crippen LogP contribution in [0.1, 0.15) is 36.0 Å². The van der Waals surface area contributed by atoms with E-state index in [-0.39, 0.29) is 0 Å². The van der Waals surface area contributed by atoms with E-state index in [9.17, 15) is 0 Å². The SMILES string of the molecule is CNc1nc(Nc2ccc(C)cc2)c(CCc2c[nH]c3ccccc23)c(N2CCCCC2)n1. The first-order valence-electron chi connectivity index (χ1n) is 11.9. The molecular formula is C27H32N6. The molecule has 4 aromatic rings. The molecule has 2 aromatic heterocycles. The number of H-pyrrole nitrogens is 1. The van der Waals surface area contributed by atoms with E-state index >= 15 is 0 Å². The van der Waals surface area contributed by atoms with Crippen molar-refractivity contribution < 1.29 is 0 Å². The molecule has 0 bridgehead atoms. The minimum atomic E-state index is 0.654. The van der Waals surface area contributed by atoms with Crippen LogP contribution < -0.4 is 15.5 Å². The van der Waals surface area contributed by atoms with Gasteiger partial charge in [0.05, 0.1) is 0 Å². The molecule has 0 radical (unpaired) electrons. The van der Waals surface area contributed by atoms with Crippen molar-refractivity contribution in [3.63, 3.8) is 0 Å². The fourth-order valence-electron chi connectivity index (χ4n) is 4.66. The number of nitrogens with one attached hydrogen (secondary N) is 3. The van der Waals surface area contributed by atoms with Gasteiger partial charge in [-0.25, -0.2) is 0 Å². The fourth-order valence-corrected chi connectivity index (χ4v) is 4.66. The van der Waals surface area contributed by atoms with E-state index in [1.807, 2.05) is 7.05 Å². The molecule has 1 aliphatic heterocycles. The Hall–Kier alpha value is -3.54. The van der Waals surface area contributed by atoms with Crippen LogP contribution in [-0.2, 0) is 12.8 Å². The van der Waals surface area contributed by atoms with E-state index in [0.29, 0.717) is 5.95 Å². The van der Waals surface area contributed by atoms with E-state index in [1.165, 1.54) is 46.9 Å². The predicted octanol–water partition coefficient (Wildman–Crippen LogP) is 5.83. The summed E-state index contributed by atoms with van der Waals surface area (Å²) >= 11 is 0. The third-order valence-corrected chi connectivity index (χ3v) is 6.50. The van der Waals surface area contributed by atoms with Gasteiger partial charge in [0, 0.05) is 48.5 Å². The summed E-state index contributed by atoms with van der Waals surface area (Å²) in [5, 5.41) is 8.05. The standard InChI is InChI=1S/C27H32N6/c1-19-10-13-21(14-11-19)30-25-23(15-12-20-18-29-24-9-5-4-8-22(20)24)26(32-27(28-2)31-25)33-16-6-3-7-17-33/h4-5,8-11,13-14,18,29H,3,6-7,12,15-17H2,1-2H3,(H2,28,30,31,32). The second-order valence-electron chi connectivity index (χ2n) is 8.85. The molecule has 33 heavy (non-hydrogen) atoms. The van der Waals surface area contributed by atoms with Crippen LogP contribution in [0.3, 0.4) is 0 Å². The molecule has 0 saturated carbocycles. The largest absolute Gasteiger partial charge is 0.361 e. The van der Waals surface area contributed by atoms with Gasteiger partial charge in [-0.2, -0.15) is 9.97 Å². The van der Waals surface area contributed by atoms with Crippen LogP contribution in [0.2, 0.25) is 0 Å². The lowest BCUT2D eigenvalue weighted by atomic mass is 10.0. The maximum atomic E-state index is 4.95. The van der Waals surface area contributed by atoms with Crippen LogP contribution in [0.15, 0.2) is 54.7 Å². The third kappa shape index (κ3) is 4.65. The number of rotatable bonds is 7. The monoisotopic (exact) mass is 440 g/mol. The highest BCUT2D eigenvalue weighted by molar-refractivity contribution is 5.83. The number of piperidine rings is 1. The Labute approximate surface area is 195 Å². The summed E-state index contributed by atoms with van der Waals surface area (Å²) in [6.07, 6.45) is 7.64. The second kappa shape index (κ2) is 9.53. The van der Waals surface area contributed by atoms with Gasteiger partial charge in [0.2, 0.25) is 5.95 Å². The first-order chi connectivity index (χ1) is 16.2. The number of nitrogens with zero attached hydrogens (tertiary/aromatic N) is 3. The van der Waals surface area contributed by atoms with Crippen molar-refractivity contribution in [3.05, 3.63) is 71.4 Å². The van der Waals surface area contributed by atoms with E-state index in [0.717, 1.165) is 43.3 Å². The quantitative estimate of drug-likeness (QED) is 0.337. The third-order valence-electron chi connectivity index (χ3n) is 6.50. The predicted molar refractivity (Wildman–Crippen MR) is 138 cm³/mol. The Kier molecular flexibility index (Phi) is 6.15. The molecule has 0 atom stereocenters. The van der Waals surface area contributed by atoms with Crippen LogP contribution in [0.4, 0.5) is 23.3 Å². The Morgan fingerprint density at radius 2 is 1.73 bits per heavy atom. The maximum absolute atomic E-state index is 4.95. The Balaban J connectivity index is 1.53. The van der Waals surface area contributed by atoms with Gasteiger partial charge in [0.15, 0.2) is 0 Å². The number of benzene rings is 2. The number of fused-ring (bicyclic) bond motifs is 1. The van der Waals surface area contributed by atoms with Crippen molar-refractivity contribution in [2.75, 3.05) is 35.7 Å². The van der Waals surface area contributed by atoms with Gasteiger partial charge in [0.1, 0.15) is 11.6 Å². The summed E-state index contributed by atoms with van der Waals surface area (Å²) in [5.41, 5.74) is 5.98. The zero-order valence-electron chi connectivity index (χ0n) is 19.5. The van der Waals surface area contributed by atoms with E-state index in [2.05, 4.69) is 82.2 Å². The van der Waals surface area contributed by atoms with Crippen LogP contribution >= 0.6 is 0 Å². The van der Waals surface area contributed by atoms with Gasteiger partial charge in [-0.1, -0.05) is 35.9 Å². The first-order valence-corrected chi connectivity index (χ1v) is 11.9. The topological polar surface area (TPSA) is 68.9 Å². The zero-order chi connectivity index (χ0) is 22.6. The van der Waals surface area contributed by atoms with Gasteiger partial charge in [-0.3, -0.25) is 0 Å². The highest BCUT2D eigenvalue weighted by Gasteiger charge is 2.21. The van der Waals surface area contributed by atoms with Crippen LogP contribution in [-0.4, -0.2) is 35.1 Å². The molecule has 1 aliphatic rings. The lowest BCUT2D eigenvalue weighted by Crippen LogP contribution is -2.31. The van der Waals surface area contributed by atoms with Crippen LogP contribution in [0, 0.1) is 6.92 Å². The number of aryl methyl sites for hydroxylation is 2. The molecule has 0 spiro atoms. The number of anilines is 4. The van der Waals surface area contributed by atoms with Gasteiger partial charge >= 0.3 is 0 Å². The minimum Gasteiger partial charge on any atom is -0.361 e. The lowest BCUT2D eigenvalue weighted by molar-refractivity contribution is 0.571. The molecule has 6 nitrogen and oxygen atoms in total. The minimum absolute atomic E-state index is 0.654. The number of hydrogen-bond acceptors (Lipinski definition) is 5. The van der Waals surface area contributed by atoms with E-state index < -0.39 is 0 Å². The summed E-state index contributed by atoms with van der Waals surface area (Å²) in [4.78, 5) is 15.7. The van der Waals surface area contributed by atoms with Gasteiger partial charge < -0.3 is 20.5 Å². The highest BCUT2D eigenvalue weighted by atomic mass is 15.2. The first kappa shape index (κ1) is 21.3. The molecular weight excluding hydrogens is 408 g/mol. The van der Waals surface area contributed by atoms with E-state index in [4.69, 9.17) is 9.97 Å². The molecule has 0 aliphatic carbocycles.